The van der Waals surface area contributed by atoms with Gasteiger partial charge in [-0.15, -0.1) is 0 Å². The molecule has 0 aliphatic rings. The van der Waals surface area contributed by atoms with Crippen molar-refractivity contribution in [2.45, 2.75) is 15.3 Å². The van der Waals surface area contributed by atoms with E-state index in [1.54, 1.807) is 6.07 Å². The molecule has 0 aromatic heterocycles. The van der Waals surface area contributed by atoms with E-state index in [4.69, 9.17) is 15.9 Å². The van der Waals surface area contributed by atoms with Gasteiger partial charge in [0.2, 0.25) is 0 Å². The van der Waals surface area contributed by atoms with Crippen molar-refractivity contribution in [3.63, 3.8) is 0 Å². The summed E-state index contributed by atoms with van der Waals surface area (Å²) in [4.78, 5) is -1.52. The molecule has 1 aromatic carbocycles. The Hall–Kier alpha value is -1.11. The van der Waals surface area contributed by atoms with E-state index in [9.17, 15) is 21.6 Å². The molecule has 104 valence electrons. The fraction of sp³-hybridized carbons (Fsp3) is 0.222. The van der Waals surface area contributed by atoms with Gasteiger partial charge < -0.3 is 4.74 Å². The molecule has 0 heterocycles. The second-order valence-corrected chi connectivity index (χ2v) is 6.71. The summed E-state index contributed by atoms with van der Waals surface area (Å²) in [6.45, 7) is 0. The zero-order valence-electron chi connectivity index (χ0n) is 9.16. The van der Waals surface area contributed by atoms with Crippen molar-refractivity contribution in [2.24, 2.45) is 0 Å². The lowest BCUT2D eigenvalue weighted by molar-refractivity contribution is -0.0329. The SMILES string of the molecule is COc1cc(C#N)cc(SC(F)(F)F)c1S(=O)(=O)Cl. The van der Waals surface area contributed by atoms with Crippen LogP contribution in [0.1, 0.15) is 5.56 Å². The Morgan fingerprint density at radius 2 is 2.00 bits per heavy atom. The molecular weight excluding hydrogens is 327 g/mol. The van der Waals surface area contributed by atoms with E-state index in [1.807, 2.05) is 0 Å². The number of methoxy groups -OCH3 is 1. The Kier molecular flexibility index (Phi) is 4.60. The lowest BCUT2D eigenvalue weighted by Gasteiger charge is -2.13. The Labute approximate surface area is 115 Å². The summed E-state index contributed by atoms with van der Waals surface area (Å²) in [6, 6.07) is 3.39. The van der Waals surface area contributed by atoms with Gasteiger partial charge in [0.15, 0.2) is 0 Å². The monoisotopic (exact) mass is 331 g/mol. The minimum atomic E-state index is -4.73. The molecule has 0 amide bonds. The fourth-order valence-corrected chi connectivity index (χ4v) is 3.61. The van der Waals surface area contributed by atoms with Gasteiger partial charge in [-0.25, -0.2) is 8.42 Å². The first-order chi connectivity index (χ1) is 8.58. The molecule has 4 nitrogen and oxygen atoms in total. The lowest BCUT2D eigenvalue weighted by Crippen LogP contribution is -2.05. The summed E-state index contributed by atoms with van der Waals surface area (Å²) in [6.07, 6.45) is 0. The summed E-state index contributed by atoms with van der Waals surface area (Å²) in [7, 11) is 1.70. The number of benzene rings is 1. The van der Waals surface area contributed by atoms with E-state index in [0.717, 1.165) is 19.2 Å². The van der Waals surface area contributed by atoms with Crippen molar-refractivity contribution in [3.05, 3.63) is 17.7 Å². The van der Waals surface area contributed by atoms with Crippen LogP contribution in [-0.2, 0) is 9.05 Å². The van der Waals surface area contributed by atoms with Crippen LogP contribution in [0.25, 0.3) is 0 Å². The van der Waals surface area contributed by atoms with Crippen LogP contribution in [0.3, 0.4) is 0 Å². The maximum atomic E-state index is 12.4. The largest absolute Gasteiger partial charge is 0.495 e. The highest BCUT2D eigenvalue weighted by molar-refractivity contribution is 8.14. The van der Waals surface area contributed by atoms with Crippen molar-refractivity contribution in [1.29, 1.82) is 5.26 Å². The Balaban J connectivity index is 3.62. The van der Waals surface area contributed by atoms with Crippen molar-refractivity contribution < 1.29 is 26.3 Å². The number of hydrogen-bond acceptors (Lipinski definition) is 5. The Bertz CT molecular complexity index is 637. The number of hydrogen-bond donors (Lipinski definition) is 0. The van der Waals surface area contributed by atoms with Crippen LogP contribution in [0.2, 0.25) is 0 Å². The van der Waals surface area contributed by atoms with E-state index in [1.165, 1.54) is 0 Å². The number of halogens is 4. The van der Waals surface area contributed by atoms with Crippen LogP contribution in [0, 0.1) is 11.3 Å². The molecule has 0 bridgehead atoms. The Morgan fingerprint density at radius 3 is 2.37 bits per heavy atom. The molecule has 0 aliphatic carbocycles. The summed E-state index contributed by atoms with van der Waals surface area (Å²) in [5, 5.41) is 8.70. The van der Waals surface area contributed by atoms with Crippen molar-refractivity contribution in [3.8, 4) is 11.8 Å². The van der Waals surface area contributed by atoms with E-state index < -0.39 is 41.9 Å². The second-order valence-electron chi connectivity index (χ2n) is 3.10. The molecule has 19 heavy (non-hydrogen) atoms. The van der Waals surface area contributed by atoms with E-state index in [2.05, 4.69) is 4.74 Å². The normalized spacial score (nSPS) is 12.0. The average molecular weight is 332 g/mol. The summed E-state index contributed by atoms with van der Waals surface area (Å²) in [5.41, 5.74) is -4.90. The third kappa shape index (κ3) is 4.19. The molecule has 0 saturated carbocycles. The third-order valence-electron chi connectivity index (χ3n) is 1.84. The van der Waals surface area contributed by atoms with Gasteiger partial charge >= 0.3 is 5.51 Å². The third-order valence-corrected chi connectivity index (χ3v) is 4.11. The minimum Gasteiger partial charge on any atom is -0.495 e. The van der Waals surface area contributed by atoms with Gasteiger partial charge in [-0.2, -0.15) is 18.4 Å². The van der Waals surface area contributed by atoms with Crippen LogP contribution in [-0.4, -0.2) is 21.0 Å². The van der Waals surface area contributed by atoms with Gasteiger partial charge in [-0.05, 0) is 23.9 Å². The predicted octanol–water partition coefficient (Wildman–Crippen LogP) is 3.11. The highest BCUT2D eigenvalue weighted by Crippen LogP contribution is 2.44. The fourth-order valence-electron chi connectivity index (χ4n) is 1.23. The topological polar surface area (TPSA) is 67.2 Å². The van der Waals surface area contributed by atoms with Gasteiger partial charge in [-0.1, -0.05) is 0 Å². The zero-order valence-corrected chi connectivity index (χ0v) is 11.5. The summed E-state index contributed by atoms with van der Waals surface area (Å²) in [5.74, 6) is -0.416. The number of rotatable bonds is 3. The molecule has 0 unspecified atom stereocenters. The molecule has 0 fully saturated rings. The molecule has 1 rings (SSSR count). The van der Waals surface area contributed by atoms with Gasteiger partial charge in [0.25, 0.3) is 9.05 Å². The first kappa shape index (κ1) is 15.9. The first-order valence-electron chi connectivity index (χ1n) is 4.41. The number of nitrogens with zero attached hydrogens (tertiary/aromatic N) is 1. The highest BCUT2D eigenvalue weighted by atomic mass is 35.7. The average Bonchev–Trinajstić information content (AvgIpc) is 2.23. The molecule has 0 radical (unpaired) electrons. The molecule has 1 aromatic rings. The van der Waals surface area contributed by atoms with E-state index in [0.29, 0.717) is 0 Å². The second kappa shape index (κ2) is 5.48. The number of thioether (sulfide) groups is 1. The lowest BCUT2D eigenvalue weighted by atomic mass is 10.2. The van der Waals surface area contributed by atoms with E-state index >= 15 is 0 Å². The summed E-state index contributed by atoms with van der Waals surface area (Å²) < 4.78 is 64.5. The van der Waals surface area contributed by atoms with Crippen LogP contribution < -0.4 is 4.74 Å². The molecular formula is C9H5ClF3NO3S2. The maximum absolute atomic E-state index is 12.4. The first-order valence-corrected chi connectivity index (χ1v) is 7.53. The minimum absolute atomic E-state index is 0.173. The smallest absolute Gasteiger partial charge is 0.446 e. The van der Waals surface area contributed by atoms with Crippen molar-refractivity contribution in [1.82, 2.24) is 0 Å². The van der Waals surface area contributed by atoms with Gasteiger partial charge in [0.1, 0.15) is 10.6 Å². The molecule has 0 atom stereocenters. The van der Waals surface area contributed by atoms with Gasteiger partial charge in [0.05, 0.1) is 18.7 Å². The molecule has 0 spiro atoms. The van der Waals surface area contributed by atoms with Crippen LogP contribution in [0.15, 0.2) is 21.9 Å². The predicted molar refractivity (Wildman–Crippen MR) is 62.7 cm³/mol. The van der Waals surface area contributed by atoms with Crippen LogP contribution >= 0.6 is 22.4 Å². The van der Waals surface area contributed by atoms with Crippen LogP contribution in [0.5, 0.6) is 5.75 Å². The molecule has 0 aliphatic heterocycles. The number of alkyl halides is 3. The quantitative estimate of drug-likeness (QED) is 0.629. The molecule has 10 heteroatoms. The van der Waals surface area contributed by atoms with Crippen molar-refractivity contribution in [2.75, 3.05) is 7.11 Å². The van der Waals surface area contributed by atoms with Gasteiger partial charge in [0, 0.05) is 15.6 Å². The maximum Gasteiger partial charge on any atom is 0.446 e. The van der Waals surface area contributed by atoms with Gasteiger partial charge in [-0.3, -0.25) is 0 Å². The Morgan fingerprint density at radius 1 is 1.42 bits per heavy atom. The molecule has 0 saturated heterocycles. The summed E-state index contributed by atoms with van der Waals surface area (Å²) >= 11 is -0.681. The van der Waals surface area contributed by atoms with Crippen LogP contribution in [0.4, 0.5) is 13.2 Å². The standard InChI is InChI=1S/C9H5ClF3NO3S2/c1-17-6-2-5(4-14)3-7(18-9(11,12)13)8(6)19(10,15)16/h2-3H,1H3. The highest BCUT2D eigenvalue weighted by Gasteiger charge is 2.34. The zero-order chi connectivity index (χ0) is 14.8. The van der Waals surface area contributed by atoms with Crippen molar-refractivity contribution >= 4 is 31.5 Å². The number of nitriles is 1. The number of ether oxygens (including phenoxy) is 1. The van der Waals surface area contributed by atoms with E-state index in [-0.39, 0.29) is 5.56 Å². The molecule has 0 N–H and O–H groups in total.